The van der Waals surface area contributed by atoms with Crippen molar-refractivity contribution in [3.05, 3.63) is 36.4 Å². The zero-order chi connectivity index (χ0) is 18.3. The zero-order valence-corrected chi connectivity index (χ0v) is 15.5. The fraction of sp³-hybridized carbons (Fsp3) is 0.357. The Labute approximate surface area is 156 Å². The number of ketones is 1. The monoisotopic (exact) mass is 468 g/mol. The SMILES string of the molecule is CCOC(=O)C(C=NCCO)C(=O)c1cc(I)cc([N+](=O)[O-])c1Cl. The fourth-order valence-electron chi connectivity index (χ4n) is 1.76. The Kier molecular flexibility index (Phi) is 8.22. The Morgan fingerprint density at radius 2 is 2.21 bits per heavy atom. The van der Waals surface area contributed by atoms with Crippen LogP contribution in [0, 0.1) is 19.6 Å². The number of ether oxygens (including phenoxy) is 1. The summed E-state index contributed by atoms with van der Waals surface area (Å²) in [6, 6.07) is 2.57. The summed E-state index contributed by atoms with van der Waals surface area (Å²) in [5.41, 5.74) is -0.592. The molecule has 24 heavy (non-hydrogen) atoms. The molecular formula is C14H14ClIN2O6. The number of aliphatic imine (C=N–C) groups is 1. The Bertz CT molecular complexity index is 679. The number of aliphatic hydroxyl groups is 1. The predicted molar refractivity (Wildman–Crippen MR) is 95.7 cm³/mol. The molecule has 0 radical (unpaired) electrons. The smallest absolute Gasteiger partial charge is 0.322 e. The predicted octanol–water partition coefficient (Wildman–Crippen LogP) is 2.28. The van der Waals surface area contributed by atoms with Gasteiger partial charge in [0.25, 0.3) is 5.69 Å². The van der Waals surface area contributed by atoms with Crippen molar-refractivity contribution in [1.29, 1.82) is 0 Å². The molecule has 0 aliphatic carbocycles. The van der Waals surface area contributed by atoms with Gasteiger partial charge in [0.1, 0.15) is 5.02 Å². The summed E-state index contributed by atoms with van der Waals surface area (Å²) in [6.07, 6.45) is 1.05. The van der Waals surface area contributed by atoms with E-state index in [-0.39, 0.29) is 30.3 Å². The molecule has 0 aliphatic heterocycles. The second kappa shape index (κ2) is 9.64. The molecule has 1 unspecified atom stereocenters. The minimum atomic E-state index is -1.40. The first kappa shape index (κ1) is 20.5. The molecule has 130 valence electrons. The van der Waals surface area contributed by atoms with Crippen molar-refractivity contribution in [3.8, 4) is 0 Å². The second-order valence-corrected chi connectivity index (χ2v) is 6.04. The summed E-state index contributed by atoms with van der Waals surface area (Å²) in [7, 11) is 0. The normalized spacial score (nSPS) is 12.2. The molecule has 0 heterocycles. The maximum Gasteiger partial charge on any atom is 0.322 e. The van der Waals surface area contributed by atoms with Gasteiger partial charge in [-0.1, -0.05) is 11.6 Å². The standard InChI is InChI=1S/C14H14ClIN2O6/c1-2-24-14(21)10(7-17-3-4-19)13(20)9-5-8(16)6-11(12(9)15)18(22)23/h5-7,10,19H,2-4H2,1H3. The Balaban J connectivity index is 3.32. The number of benzene rings is 1. The molecule has 1 aromatic carbocycles. The average molecular weight is 469 g/mol. The first-order chi connectivity index (χ1) is 11.3. The van der Waals surface area contributed by atoms with Crippen LogP contribution in [-0.4, -0.2) is 47.8 Å². The highest BCUT2D eigenvalue weighted by atomic mass is 127. The zero-order valence-electron chi connectivity index (χ0n) is 12.6. The number of hydrogen-bond acceptors (Lipinski definition) is 7. The van der Waals surface area contributed by atoms with E-state index in [1.165, 1.54) is 12.1 Å². The number of esters is 1. The molecule has 1 aromatic rings. The van der Waals surface area contributed by atoms with Crippen molar-refractivity contribution >= 4 is 57.8 Å². The fourth-order valence-corrected chi connectivity index (χ4v) is 2.64. The number of rotatable bonds is 8. The van der Waals surface area contributed by atoms with Gasteiger partial charge in [0.05, 0.1) is 24.7 Å². The first-order valence-corrected chi connectivity index (χ1v) is 8.24. The molecule has 1 rings (SSSR count). The highest BCUT2D eigenvalue weighted by Gasteiger charge is 2.31. The van der Waals surface area contributed by atoms with E-state index in [1.807, 2.05) is 22.6 Å². The van der Waals surface area contributed by atoms with Gasteiger partial charge in [-0.2, -0.15) is 0 Å². The van der Waals surface area contributed by atoms with Crippen LogP contribution in [0.4, 0.5) is 5.69 Å². The number of carbonyl (C=O) groups is 2. The van der Waals surface area contributed by atoms with Gasteiger partial charge in [-0.15, -0.1) is 0 Å². The Hall–Kier alpha value is -1.59. The lowest BCUT2D eigenvalue weighted by Gasteiger charge is -2.12. The number of nitro groups is 1. The van der Waals surface area contributed by atoms with E-state index in [1.54, 1.807) is 6.92 Å². The van der Waals surface area contributed by atoms with Crippen molar-refractivity contribution in [2.24, 2.45) is 10.9 Å². The van der Waals surface area contributed by atoms with E-state index >= 15 is 0 Å². The van der Waals surface area contributed by atoms with Gasteiger partial charge in [-0.25, -0.2) is 0 Å². The lowest BCUT2D eigenvalue weighted by atomic mass is 9.98. The van der Waals surface area contributed by atoms with Crippen LogP contribution in [0.1, 0.15) is 17.3 Å². The molecule has 0 amide bonds. The summed E-state index contributed by atoms with van der Waals surface area (Å²) in [5, 5.41) is 19.4. The maximum atomic E-state index is 12.6. The molecular weight excluding hydrogens is 455 g/mol. The van der Waals surface area contributed by atoms with E-state index < -0.39 is 28.3 Å². The van der Waals surface area contributed by atoms with E-state index in [0.29, 0.717) is 3.57 Å². The van der Waals surface area contributed by atoms with E-state index in [4.69, 9.17) is 21.4 Å². The van der Waals surface area contributed by atoms with Crippen molar-refractivity contribution in [1.82, 2.24) is 0 Å². The van der Waals surface area contributed by atoms with Gasteiger partial charge in [-0.05, 0) is 35.6 Å². The van der Waals surface area contributed by atoms with Gasteiger partial charge in [0.2, 0.25) is 0 Å². The molecule has 0 bridgehead atoms. The van der Waals surface area contributed by atoms with Crippen LogP contribution >= 0.6 is 34.2 Å². The van der Waals surface area contributed by atoms with Gasteiger partial charge < -0.3 is 9.84 Å². The van der Waals surface area contributed by atoms with Crippen LogP contribution in [0.2, 0.25) is 5.02 Å². The molecule has 10 heteroatoms. The van der Waals surface area contributed by atoms with Crippen LogP contribution in [0.5, 0.6) is 0 Å². The maximum absolute atomic E-state index is 12.6. The molecule has 0 spiro atoms. The van der Waals surface area contributed by atoms with Gasteiger partial charge in [0.15, 0.2) is 11.7 Å². The third kappa shape index (κ3) is 5.21. The lowest BCUT2D eigenvalue weighted by molar-refractivity contribution is -0.384. The number of nitrogens with zero attached hydrogens (tertiary/aromatic N) is 2. The summed E-state index contributed by atoms with van der Waals surface area (Å²) in [4.78, 5) is 38.7. The summed E-state index contributed by atoms with van der Waals surface area (Å²) >= 11 is 7.76. The number of Topliss-reactive ketones (excluding diaryl/α,β-unsaturated/α-hetero) is 1. The molecule has 1 atom stereocenters. The molecule has 0 saturated carbocycles. The minimum absolute atomic E-state index is 0.00336. The molecule has 0 aromatic heterocycles. The second-order valence-electron chi connectivity index (χ2n) is 4.42. The number of aliphatic hydroxyl groups excluding tert-OH is 1. The van der Waals surface area contributed by atoms with Crippen LogP contribution in [0.3, 0.4) is 0 Å². The third-order valence-corrected chi connectivity index (χ3v) is 3.81. The molecule has 0 fully saturated rings. The topological polar surface area (TPSA) is 119 Å². The van der Waals surface area contributed by atoms with Crippen LogP contribution in [-0.2, 0) is 9.53 Å². The summed E-state index contributed by atoms with van der Waals surface area (Å²) in [5.74, 6) is -3.00. The Morgan fingerprint density at radius 1 is 1.54 bits per heavy atom. The van der Waals surface area contributed by atoms with Crippen LogP contribution < -0.4 is 0 Å². The molecule has 0 aliphatic rings. The van der Waals surface area contributed by atoms with Crippen molar-refractivity contribution in [2.45, 2.75) is 6.92 Å². The van der Waals surface area contributed by atoms with Crippen LogP contribution in [0.25, 0.3) is 0 Å². The lowest BCUT2D eigenvalue weighted by Crippen LogP contribution is -2.28. The highest BCUT2D eigenvalue weighted by molar-refractivity contribution is 14.1. The molecule has 8 nitrogen and oxygen atoms in total. The van der Waals surface area contributed by atoms with Gasteiger partial charge >= 0.3 is 5.97 Å². The van der Waals surface area contributed by atoms with E-state index in [0.717, 1.165) is 6.21 Å². The average Bonchev–Trinajstić information content (AvgIpc) is 2.52. The Morgan fingerprint density at radius 3 is 2.75 bits per heavy atom. The summed E-state index contributed by atoms with van der Waals surface area (Å²) < 4.78 is 5.25. The minimum Gasteiger partial charge on any atom is -0.465 e. The third-order valence-electron chi connectivity index (χ3n) is 2.79. The summed E-state index contributed by atoms with van der Waals surface area (Å²) in [6.45, 7) is 1.38. The first-order valence-electron chi connectivity index (χ1n) is 6.78. The van der Waals surface area contributed by atoms with Gasteiger partial charge in [0, 0.05) is 21.4 Å². The molecule has 1 N–H and O–H groups in total. The molecule has 0 saturated heterocycles. The van der Waals surface area contributed by atoms with E-state index in [9.17, 15) is 19.7 Å². The largest absolute Gasteiger partial charge is 0.465 e. The van der Waals surface area contributed by atoms with E-state index in [2.05, 4.69) is 4.99 Å². The van der Waals surface area contributed by atoms with Crippen LogP contribution in [0.15, 0.2) is 17.1 Å². The number of hydrogen-bond donors (Lipinski definition) is 1. The quantitative estimate of drug-likeness (QED) is 0.119. The van der Waals surface area contributed by atoms with Crippen molar-refractivity contribution in [2.75, 3.05) is 19.8 Å². The number of nitro benzene ring substituents is 1. The van der Waals surface area contributed by atoms with Crippen molar-refractivity contribution < 1.29 is 24.4 Å². The van der Waals surface area contributed by atoms with Crippen molar-refractivity contribution in [3.63, 3.8) is 0 Å². The van der Waals surface area contributed by atoms with Gasteiger partial charge in [-0.3, -0.25) is 24.7 Å². The highest BCUT2D eigenvalue weighted by Crippen LogP contribution is 2.32. The number of carbonyl (C=O) groups excluding carboxylic acids is 2. The number of halogens is 2.